The molecule has 0 radical (unpaired) electrons. The van der Waals surface area contributed by atoms with Gasteiger partial charge in [0.2, 0.25) is 10.0 Å². The van der Waals surface area contributed by atoms with Crippen LogP contribution in [-0.2, 0) is 36.3 Å². The maximum Gasteiger partial charge on any atom is 0.433 e. The number of halogens is 4. The second-order valence-corrected chi connectivity index (χ2v) is 9.40. The molecule has 0 saturated carbocycles. The predicted octanol–water partition coefficient (Wildman–Crippen LogP) is 3.38. The predicted molar refractivity (Wildman–Crippen MR) is 116 cm³/mol. The molecule has 2 aromatic heterocycles. The fraction of sp³-hybridized carbons (Fsp3) is 0.250. The Morgan fingerprint density at radius 2 is 1.79 bits per heavy atom. The van der Waals surface area contributed by atoms with Crippen molar-refractivity contribution in [1.82, 2.24) is 19.9 Å². The van der Waals surface area contributed by atoms with E-state index in [0.29, 0.717) is 22.2 Å². The number of amides is 1. The summed E-state index contributed by atoms with van der Waals surface area (Å²) in [6, 6.07) is 7.90. The molecule has 0 aliphatic carbocycles. The number of aromatic nitrogens is 3. The lowest BCUT2D eigenvalue weighted by atomic mass is 10.2. The van der Waals surface area contributed by atoms with Gasteiger partial charge in [0.1, 0.15) is 16.7 Å². The number of imidazole rings is 1. The molecule has 0 aliphatic heterocycles. The van der Waals surface area contributed by atoms with Gasteiger partial charge in [0.05, 0.1) is 24.7 Å². The van der Waals surface area contributed by atoms with Gasteiger partial charge < -0.3 is 9.88 Å². The van der Waals surface area contributed by atoms with Crippen molar-refractivity contribution < 1.29 is 26.4 Å². The molecule has 1 amide bonds. The molecule has 3 rings (SSSR count). The molecule has 2 heterocycles. The molecule has 1 aromatic carbocycles. The standard InChI is InChI=1S/C20H19ClF3N5O3S/c1-28-17(21)11-26-18(28)12-29(33(2,31)32)15-6-4-14(5-7-15)19(30)27-10-13-3-8-16(25-9-13)20(22,23)24/h3-9,11H,10,12H2,1-2H3,(H,27,30). The van der Waals surface area contributed by atoms with Crippen LogP contribution in [0.1, 0.15) is 27.4 Å². The maximum absolute atomic E-state index is 12.6. The summed E-state index contributed by atoms with van der Waals surface area (Å²) in [5.41, 5.74) is -0.0615. The van der Waals surface area contributed by atoms with Crippen molar-refractivity contribution in [1.29, 1.82) is 0 Å². The Labute approximate surface area is 193 Å². The van der Waals surface area contributed by atoms with Crippen LogP contribution in [0, 0.1) is 0 Å². The van der Waals surface area contributed by atoms with Gasteiger partial charge in [0, 0.05) is 25.4 Å². The third-order valence-electron chi connectivity index (χ3n) is 4.70. The number of benzene rings is 1. The minimum atomic E-state index is -4.54. The fourth-order valence-corrected chi connectivity index (χ4v) is 3.86. The highest BCUT2D eigenvalue weighted by molar-refractivity contribution is 7.92. The molecule has 0 aliphatic rings. The zero-order valence-electron chi connectivity index (χ0n) is 17.5. The third kappa shape index (κ3) is 6.02. The van der Waals surface area contributed by atoms with E-state index in [9.17, 15) is 26.4 Å². The molecule has 1 N–H and O–H groups in total. The highest BCUT2D eigenvalue weighted by Crippen LogP contribution is 2.27. The van der Waals surface area contributed by atoms with Crippen LogP contribution in [-0.4, -0.2) is 35.1 Å². The first kappa shape index (κ1) is 24.5. The van der Waals surface area contributed by atoms with Gasteiger partial charge in [-0.05, 0) is 35.9 Å². The highest BCUT2D eigenvalue weighted by atomic mass is 35.5. The summed E-state index contributed by atoms with van der Waals surface area (Å²) in [7, 11) is -2.01. The van der Waals surface area contributed by atoms with Crippen molar-refractivity contribution in [2.45, 2.75) is 19.3 Å². The van der Waals surface area contributed by atoms with Gasteiger partial charge in [-0.1, -0.05) is 17.7 Å². The molecule has 0 fully saturated rings. The van der Waals surface area contributed by atoms with E-state index in [2.05, 4.69) is 15.3 Å². The second kappa shape index (κ2) is 9.40. The van der Waals surface area contributed by atoms with Crippen LogP contribution < -0.4 is 9.62 Å². The first-order chi connectivity index (χ1) is 15.4. The molecular weight excluding hydrogens is 483 g/mol. The number of nitrogens with zero attached hydrogens (tertiary/aromatic N) is 4. The lowest BCUT2D eigenvalue weighted by Gasteiger charge is -2.22. The van der Waals surface area contributed by atoms with Gasteiger partial charge >= 0.3 is 6.18 Å². The molecule has 3 aromatic rings. The average molecular weight is 502 g/mol. The monoisotopic (exact) mass is 501 g/mol. The fourth-order valence-electron chi connectivity index (χ4n) is 2.86. The quantitative estimate of drug-likeness (QED) is 0.535. The Hall–Kier alpha value is -3.12. The smallest absolute Gasteiger partial charge is 0.348 e. The summed E-state index contributed by atoms with van der Waals surface area (Å²) >= 11 is 5.96. The molecule has 0 atom stereocenters. The van der Waals surface area contributed by atoms with Gasteiger partial charge in [0.15, 0.2) is 0 Å². The first-order valence-corrected chi connectivity index (χ1v) is 11.6. The van der Waals surface area contributed by atoms with Crippen LogP contribution in [0.5, 0.6) is 0 Å². The van der Waals surface area contributed by atoms with Crippen molar-refractivity contribution in [3.05, 3.63) is 76.6 Å². The summed E-state index contributed by atoms with van der Waals surface area (Å²) in [6.07, 6.45) is -1.03. The topological polar surface area (TPSA) is 97.2 Å². The second-order valence-electron chi connectivity index (χ2n) is 7.10. The largest absolute Gasteiger partial charge is 0.433 e. The lowest BCUT2D eigenvalue weighted by Crippen LogP contribution is -2.30. The lowest BCUT2D eigenvalue weighted by molar-refractivity contribution is -0.141. The van der Waals surface area contributed by atoms with Crippen LogP contribution in [0.4, 0.5) is 18.9 Å². The molecule has 13 heteroatoms. The van der Waals surface area contributed by atoms with Crippen molar-refractivity contribution in [3.8, 4) is 0 Å². The number of pyridine rings is 1. The normalized spacial score (nSPS) is 11.9. The van der Waals surface area contributed by atoms with Gasteiger partial charge in [-0.15, -0.1) is 0 Å². The molecule has 176 valence electrons. The Morgan fingerprint density at radius 3 is 2.27 bits per heavy atom. The Morgan fingerprint density at radius 1 is 1.12 bits per heavy atom. The minimum absolute atomic E-state index is 0.0267. The van der Waals surface area contributed by atoms with Crippen molar-refractivity contribution in [2.24, 2.45) is 7.05 Å². The van der Waals surface area contributed by atoms with Crippen molar-refractivity contribution in [2.75, 3.05) is 10.6 Å². The number of anilines is 1. The van der Waals surface area contributed by atoms with E-state index in [1.807, 2.05) is 0 Å². The number of hydrogen-bond donors (Lipinski definition) is 1. The number of rotatable bonds is 7. The van der Waals surface area contributed by atoms with Crippen LogP contribution in [0.2, 0.25) is 5.15 Å². The van der Waals surface area contributed by atoms with Gasteiger partial charge in [-0.25, -0.2) is 13.4 Å². The van der Waals surface area contributed by atoms with Crippen LogP contribution in [0.25, 0.3) is 0 Å². The van der Waals surface area contributed by atoms with E-state index in [1.165, 1.54) is 36.5 Å². The maximum atomic E-state index is 12.6. The number of carbonyl (C=O) groups is 1. The summed E-state index contributed by atoms with van der Waals surface area (Å²) < 4.78 is 65.0. The van der Waals surface area contributed by atoms with E-state index in [1.54, 1.807) is 11.6 Å². The minimum Gasteiger partial charge on any atom is -0.348 e. The average Bonchev–Trinajstić information content (AvgIpc) is 3.07. The molecular formula is C20H19ClF3N5O3S. The zero-order valence-corrected chi connectivity index (χ0v) is 19.0. The van der Waals surface area contributed by atoms with Gasteiger partial charge in [0.25, 0.3) is 5.91 Å². The van der Waals surface area contributed by atoms with E-state index in [0.717, 1.165) is 22.8 Å². The number of alkyl halides is 3. The molecule has 0 unspecified atom stereocenters. The molecule has 0 bridgehead atoms. The first-order valence-electron chi connectivity index (χ1n) is 9.40. The number of nitrogens with one attached hydrogen (secondary N) is 1. The van der Waals surface area contributed by atoms with Crippen LogP contribution >= 0.6 is 11.6 Å². The van der Waals surface area contributed by atoms with E-state index < -0.39 is 27.8 Å². The van der Waals surface area contributed by atoms with E-state index >= 15 is 0 Å². The Kier molecular flexibility index (Phi) is 6.98. The van der Waals surface area contributed by atoms with Gasteiger partial charge in [-0.2, -0.15) is 13.2 Å². The summed E-state index contributed by atoms with van der Waals surface area (Å²) in [4.78, 5) is 19.8. The Bertz CT molecular complexity index is 1240. The van der Waals surface area contributed by atoms with E-state index in [-0.39, 0.29) is 18.7 Å². The third-order valence-corrected chi connectivity index (χ3v) is 6.19. The van der Waals surface area contributed by atoms with Crippen molar-refractivity contribution in [3.63, 3.8) is 0 Å². The van der Waals surface area contributed by atoms with E-state index in [4.69, 9.17) is 11.6 Å². The van der Waals surface area contributed by atoms with Crippen LogP contribution in [0.3, 0.4) is 0 Å². The van der Waals surface area contributed by atoms with Crippen LogP contribution in [0.15, 0.2) is 48.8 Å². The molecule has 8 nitrogen and oxygen atoms in total. The molecule has 0 saturated heterocycles. The van der Waals surface area contributed by atoms with Crippen molar-refractivity contribution >= 4 is 33.2 Å². The highest BCUT2D eigenvalue weighted by Gasteiger charge is 2.32. The zero-order chi connectivity index (χ0) is 24.4. The summed E-state index contributed by atoms with van der Waals surface area (Å²) in [5.74, 6) is -0.0550. The number of hydrogen-bond acceptors (Lipinski definition) is 5. The molecule has 33 heavy (non-hydrogen) atoms. The number of carbonyl (C=O) groups excluding carboxylic acids is 1. The summed E-state index contributed by atoms with van der Waals surface area (Å²) in [6.45, 7) is -0.0877. The SMILES string of the molecule is Cn1c(Cl)cnc1CN(c1ccc(C(=O)NCc2ccc(C(F)(F)F)nc2)cc1)S(C)(=O)=O. The molecule has 0 spiro atoms. The Balaban J connectivity index is 1.69. The summed E-state index contributed by atoms with van der Waals surface area (Å²) in [5, 5.41) is 2.94. The number of sulfonamides is 1. The van der Waals surface area contributed by atoms with Gasteiger partial charge in [-0.3, -0.25) is 14.1 Å².